The minimum Gasteiger partial charge on any atom is -0.344 e. The minimum absolute atomic E-state index is 0.114. The summed E-state index contributed by atoms with van der Waals surface area (Å²) >= 11 is 0. The van der Waals surface area contributed by atoms with Crippen LogP contribution in [0.2, 0.25) is 0 Å². The van der Waals surface area contributed by atoms with Crippen molar-refractivity contribution in [3.8, 4) is 0 Å². The molecule has 0 saturated carbocycles. The summed E-state index contributed by atoms with van der Waals surface area (Å²) in [6.07, 6.45) is 1.18. The molecule has 8 heteroatoms. The summed E-state index contributed by atoms with van der Waals surface area (Å²) in [6.45, 7) is 1.82. The Labute approximate surface area is 127 Å². The number of rotatable bonds is 2. The molecule has 3 rings (SSSR count). The molecule has 114 valence electrons. The normalized spacial score (nSPS) is 18.4. The van der Waals surface area contributed by atoms with Crippen molar-refractivity contribution < 1.29 is 13.2 Å². The van der Waals surface area contributed by atoms with Crippen LogP contribution in [-0.4, -0.2) is 31.6 Å². The predicted octanol–water partition coefficient (Wildman–Crippen LogP) is 1.42. The van der Waals surface area contributed by atoms with Crippen LogP contribution in [0.15, 0.2) is 46.3 Å². The zero-order valence-corrected chi connectivity index (χ0v) is 12.8. The van der Waals surface area contributed by atoms with Crippen molar-refractivity contribution in [3.63, 3.8) is 0 Å². The average Bonchev–Trinajstić information content (AvgIpc) is 2.90. The van der Waals surface area contributed by atoms with Crippen LogP contribution in [0.3, 0.4) is 0 Å². The van der Waals surface area contributed by atoms with E-state index < -0.39 is 15.7 Å². The number of aromatic amines is 1. The fourth-order valence-corrected chi connectivity index (χ4v) is 3.80. The first-order valence-corrected chi connectivity index (χ1v) is 8.00. The first kappa shape index (κ1) is 14.3. The van der Waals surface area contributed by atoms with E-state index >= 15 is 0 Å². The van der Waals surface area contributed by atoms with Crippen LogP contribution in [0.4, 0.5) is 11.5 Å². The van der Waals surface area contributed by atoms with Crippen molar-refractivity contribution in [3.05, 3.63) is 47.1 Å². The number of hydrogen-bond acceptors (Lipinski definition) is 5. The predicted molar refractivity (Wildman–Crippen MR) is 82.1 cm³/mol. The molecule has 0 spiro atoms. The van der Waals surface area contributed by atoms with E-state index in [0.717, 1.165) is 5.69 Å². The second-order valence-corrected chi connectivity index (χ2v) is 6.81. The van der Waals surface area contributed by atoms with E-state index in [0.29, 0.717) is 11.5 Å². The molecule has 0 fully saturated rings. The lowest BCUT2D eigenvalue weighted by Crippen LogP contribution is -2.36. The smallest absolute Gasteiger partial charge is 0.271 e. The van der Waals surface area contributed by atoms with Crippen LogP contribution in [0, 0.1) is 6.92 Å². The molecular weight excluding hydrogens is 304 g/mol. The number of benzene rings is 1. The molecule has 1 aromatic heterocycles. The third kappa shape index (κ3) is 2.17. The van der Waals surface area contributed by atoms with Gasteiger partial charge in [0, 0.05) is 25.0 Å². The van der Waals surface area contributed by atoms with Gasteiger partial charge in [0.15, 0.2) is 10.7 Å². The second-order valence-electron chi connectivity index (χ2n) is 4.92. The van der Waals surface area contributed by atoms with Gasteiger partial charge in [0.25, 0.3) is 5.91 Å². The number of carbonyl (C=O) groups excluding carboxylic acids is 1. The van der Waals surface area contributed by atoms with Crippen LogP contribution >= 0.6 is 0 Å². The molecular formula is C14H14N4O3S. The third-order valence-corrected chi connectivity index (χ3v) is 5.17. The van der Waals surface area contributed by atoms with Gasteiger partial charge in [-0.2, -0.15) is 5.10 Å². The van der Waals surface area contributed by atoms with E-state index in [1.54, 1.807) is 31.3 Å². The van der Waals surface area contributed by atoms with E-state index in [1.807, 2.05) is 6.92 Å². The molecule has 0 saturated heterocycles. The van der Waals surface area contributed by atoms with Gasteiger partial charge in [-0.25, -0.2) is 8.42 Å². The number of H-pyrrole nitrogens is 1. The van der Waals surface area contributed by atoms with Crippen molar-refractivity contribution in [2.75, 3.05) is 17.3 Å². The number of carbonyl (C=O) groups is 1. The van der Waals surface area contributed by atoms with Gasteiger partial charge in [-0.15, -0.1) is 0 Å². The van der Waals surface area contributed by atoms with Gasteiger partial charge in [0.05, 0.1) is 10.6 Å². The third-order valence-electron chi connectivity index (χ3n) is 3.38. The zero-order chi connectivity index (χ0) is 15.9. The van der Waals surface area contributed by atoms with Gasteiger partial charge < -0.3 is 10.2 Å². The summed E-state index contributed by atoms with van der Waals surface area (Å²) in [5.41, 5.74) is 1.20. The number of aryl methyl sites for hydroxylation is 1. The fraction of sp³-hybridized carbons (Fsp3) is 0.143. The van der Waals surface area contributed by atoms with Crippen molar-refractivity contribution >= 4 is 27.2 Å². The topological polar surface area (TPSA) is 95.2 Å². The highest BCUT2D eigenvalue weighted by Gasteiger charge is 2.38. The molecule has 22 heavy (non-hydrogen) atoms. The van der Waals surface area contributed by atoms with Crippen molar-refractivity contribution in [1.82, 2.24) is 10.2 Å². The van der Waals surface area contributed by atoms with Crippen molar-refractivity contribution in [2.45, 2.75) is 11.8 Å². The lowest BCUT2D eigenvalue weighted by Gasteiger charge is -2.26. The molecule has 1 aliphatic heterocycles. The molecule has 0 aliphatic carbocycles. The maximum Gasteiger partial charge on any atom is 0.271 e. The molecule has 1 amide bonds. The summed E-state index contributed by atoms with van der Waals surface area (Å²) in [4.78, 5) is 13.5. The fourth-order valence-electron chi connectivity index (χ4n) is 2.24. The van der Waals surface area contributed by atoms with Crippen LogP contribution < -0.4 is 10.2 Å². The van der Waals surface area contributed by atoms with E-state index in [2.05, 4.69) is 15.5 Å². The number of likely N-dealkylation sites (N-methyl/N-ethyl adjacent to an activating group) is 1. The number of nitrogens with one attached hydrogen (secondary N) is 2. The number of fused-ring (bicyclic) bond motifs is 1. The Kier molecular flexibility index (Phi) is 3.25. The van der Waals surface area contributed by atoms with Gasteiger partial charge >= 0.3 is 0 Å². The van der Waals surface area contributed by atoms with E-state index in [4.69, 9.17) is 0 Å². The number of amides is 1. The number of para-hydroxylation sites is 1. The summed E-state index contributed by atoms with van der Waals surface area (Å²) in [5, 5.41) is 9.40. The minimum atomic E-state index is -3.86. The molecule has 0 atom stereocenters. The van der Waals surface area contributed by atoms with Gasteiger partial charge in [-0.3, -0.25) is 9.89 Å². The summed E-state index contributed by atoms with van der Waals surface area (Å²) in [5.74, 6) is -0.145. The second kappa shape index (κ2) is 4.99. The standard InChI is InChI=1S/C14H14N4O3S/c1-9-7-13(17-16-9)15-8-12-14(19)18(2)10-5-3-4-6-11(10)22(12,20)21/h3-8H,1-2H3,(H2,15,16,17)/b12-8+. The van der Waals surface area contributed by atoms with Crippen LogP contribution in [-0.2, 0) is 14.6 Å². The lowest BCUT2D eigenvalue weighted by molar-refractivity contribution is -0.114. The largest absolute Gasteiger partial charge is 0.344 e. The Morgan fingerprint density at radius 1 is 1.32 bits per heavy atom. The maximum absolute atomic E-state index is 12.6. The molecule has 2 aromatic rings. The molecule has 2 N–H and O–H groups in total. The number of hydrogen-bond donors (Lipinski definition) is 2. The highest BCUT2D eigenvalue weighted by molar-refractivity contribution is 7.96. The van der Waals surface area contributed by atoms with Gasteiger partial charge in [0.2, 0.25) is 9.84 Å². The van der Waals surface area contributed by atoms with Crippen LogP contribution in [0.1, 0.15) is 5.69 Å². The molecule has 1 aromatic carbocycles. The van der Waals surface area contributed by atoms with E-state index in [-0.39, 0.29) is 9.80 Å². The van der Waals surface area contributed by atoms with Crippen molar-refractivity contribution in [1.29, 1.82) is 0 Å². The molecule has 1 aliphatic rings. The average molecular weight is 318 g/mol. The summed E-state index contributed by atoms with van der Waals surface area (Å²) < 4.78 is 25.2. The maximum atomic E-state index is 12.6. The Hall–Kier alpha value is -2.61. The van der Waals surface area contributed by atoms with Gasteiger partial charge in [-0.1, -0.05) is 12.1 Å². The Bertz CT molecular complexity index is 883. The summed E-state index contributed by atoms with van der Waals surface area (Å²) in [6, 6.07) is 8.11. The monoisotopic (exact) mass is 318 g/mol. The highest BCUT2D eigenvalue weighted by Crippen LogP contribution is 2.35. The molecule has 0 unspecified atom stereocenters. The lowest BCUT2D eigenvalue weighted by atomic mass is 10.3. The van der Waals surface area contributed by atoms with Crippen LogP contribution in [0.25, 0.3) is 0 Å². The van der Waals surface area contributed by atoms with Gasteiger partial charge in [0.1, 0.15) is 0 Å². The molecule has 0 bridgehead atoms. The van der Waals surface area contributed by atoms with E-state index in [1.165, 1.54) is 17.2 Å². The number of nitrogens with zero attached hydrogens (tertiary/aromatic N) is 2. The summed E-state index contributed by atoms with van der Waals surface area (Å²) in [7, 11) is -2.31. The Morgan fingerprint density at radius 3 is 2.73 bits per heavy atom. The number of sulfone groups is 1. The van der Waals surface area contributed by atoms with Crippen LogP contribution in [0.5, 0.6) is 0 Å². The quantitative estimate of drug-likeness (QED) is 0.817. The number of aromatic nitrogens is 2. The van der Waals surface area contributed by atoms with Gasteiger partial charge in [-0.05, 0) is 19.1 Å². The molecule has 7 nitrogen and oxygen atoms in total. The molecule has 0 radical (unpaired) electrons. The van der Waals surface area contributed by atoms with E-state index in [9.17, 15) is 13.2 Å². The number of anilines is 2. The molecule has 2 heterocycles. The zero-order valence-electron chi connectivity index (χ0n) is 12.0. The van der Waals surface area contributed by atoms with Crippen molar-refractivity contribution in [2.24, 2.45) is 0 Å². The highest BCUT2D eigenvalue weighted by atomic mass is 32.2. The first-order chi connectivity index (χ1) is 10.4. The first-order valence-electron chi connectivity index (χ1n) is 6.52. The Morgan fingerprint density at radius 2 is 2.05 bits per heavy atom. The Balaban J connectivity index is 2.07. The SMILES string of the molecule is Cc1cc(N/C=C2\C(=O)N(C)c3ccccc3S2(=O)=O)n[nH]1.